The zero-order valence-electron chi connectivity index (χ0n) is 11.9. The fourth-order valence-corrected chi connectivity index (χ4v) is 5.87. The maximum absolute atomic E-state index is 12.3. The second-order valence-corrected chi connectivity index (χ2v) is 8.72. The fraction of sp³-hybridized carbons (Fsp3) is 0.562. The lowest BCUT2D eigenvalue weighted by Gasteiger charge is -2.50. The topological polar surface area (TPSA) is 29.5 Å². The summed E-state index contributed by atoms with van der Waals surface area (Å²) in [5.41, 5.74) is 1.41. The first kappa shape index (κ1) is 14.0. The summed E-state index contributed by atoms with van der Waals surface area (Å²) in [4.78, 5) is 16.1. The molecule has 0 N–H and O–H groups in total. The van der Waals surface area contributed by atoms with Crippen molar-refractivity contribution >= 4 is 39.3 Å². The molecule has 0 spiro atoms. The third-order valence-electron chi connectivity index (χ3n) is 5.30. The Balaban J connectivity index is 1.69. The van der Waals surface area contributed by atoms with Crippen LogP contribution in [0.3, 0.4) is 0 Å². The summed E-state index contributed by atoms with van der Waals surface area (Å²) in [7, 11) is 1.52. The Hall–Kier alpha value is -0.650. The predicted octanol–water partition coefficient (Wildman–Crippen LogP) is 3.55. The molecule has 5 atom stereocenters. The van der Waals surface area contributed by atoms with E-state index in [9.17, 15) is 4.79 Å². The average molecular weight is 368 g/mol. The van der Waals surface area contributed by atoms with Crippen LogP contribution in [0.5, 0.6) is 0 Å². The molecule has 4 aliphatic rings. The highest BCUT2D eigenvalue weighted by atomic mass is 79.9. The molecular formula is C16H18BrNO2S. The minimum atomic E-state index is -0.0201. The fourth-order valence-electron chi connectivity index (χ4n) is 4.47. The van der Waals surface area contributed by atoms with E-state index >= 15 is 0 Å². The molecule has 0 amide bonds. The summed E-state index contributed by atoms with van der Waals surface area (Å²) in [5, 5.41) is 0. The first-order chi connectivity index (χ1) is 10.2. The molecule has 5 rings (SSSR count). The molecule has 1 aromatic heterocycles. The zero-order valence-corrected chi connectivity index (χ0v) is 14.3. The molecule has 0 aromatic carbocycles. The average Bonchev–Trinajstić information content (AvgIpc) is 3.02. The molecule has 4 bridgehead atoms. The van der Waals surface area contributed by atoms with Crippen molar-refractivity contribution in [2.45, 2.75) is 31.3 Å². The molecule has 5 heteroatoms. The highest BCUT2D eigenvalue weighted by Gasteiger charge is 2.55. The van der Waals surface area contributed by atoms with E-state index in [1.165, 1.54) is 24.0 Å². The molecule has 4 saturated heterocycles. The van der Waals surface area contributed by atoms with Gasteiger partial charge in [-0.3, -0.25) is 9.69 Å². The van der Waals surface area contributed by atoms with Gasteiger partial charge in [0.15, 0.2) is 0 Å². The number of nitrogens with zero attached hydrogens (tertiary/aromatic N) is 1. The van der Waals surface area contributed by atoms with E-state index in [-0.39, 0.29) is 11.9 Å². The van der Waals surface area contributed by atoms with Gasteiger partial charge in [0.1, 0.15) is 0 Å². The van der Waals surface area contributed by atoms with Gasteiger partial charge in [-0.25, -0.2) is 0 Å². The van der Waals surface area contributed by atoms with Crippen LogP contribution in [0.15, 0.2) is 21.5 Å². The second-order valence-electron chi connectivity index (χ2n) is 6.22. The van der Waals surface area contributed by atoms with Crippen molar-refractivity contribution in [3.63, 3.8) is 0 Å². The Morgan fingerprint density at radius 3 is 3.05 bits per heavy atom. The van der Waals surface area contributed by atoms with E-state index in [1.54, 1.807) is 11.3 Å². The van der Waals surface area contributed by atoms with Crippen LogP contribution in [0.25, 0.3) is 6.08 Å². The van der Waals surface area contributed by atoms with Crippen LogP contribution in [0.2, 0.25) is 0 Å². The molecule has 0 radical (unpaired) electrons. The molecule has 0 saturated carbocycles. The summed E-state index contributed by atoms with van der Waals surface area (Å²) in [6, 6.07) is 5.32. The molecule has 1 aromatic rings. The molecule has 4 fully saturated rings. The number of ether oxygens (including phenoxy) is 1. The molecule has 112 valence electrons. The molecule has 0 aliphatic carbocycles. The van der Waals surface area contributed by atoms with Gasteiger partial charge in [0.05, 0.1) is 16.8 Å². The van der Waals surface area contributed by atoms with Crippen molar-refractivity contribution < 1.29 is 9.53 Å². The van der Waals surface area contributed by atoms with Gasteiger partial charge in [-0.05, 0) is 59.3 Å². The Kier molecular flexibility index (Phi) is 3.47. The van der Waals surface area contributed by atoms with Crippen molar-refractivity contribution in [3.8, 4) is 0 Å². The maximum atomic E-state index is 12.3. The first-order valence-corrected chi connectivity index (χ1v) is 9.07. The molecule has 4 aliphatic heterocycles. The quantitative estimate of drug-likeness (QED) is 0.748. The standard InChI is InChI=1S/C16H18BrNO2S/c1-20-16(19)15-12-7-10-2-4-13(15)18(10)8-9(12)6-11-3-5-14(17)21-11/h3,5-6,10,12-13,15H,2,4,7-8H2,1H3/b9-6+. The third kappa shape index (κ3) is 2.21. The highest BCUT2D eigenvalue weighted by molar-refractivity contribution is 9.11. The number of carbonyl (C=O) groups excluding carboxylic acids is 1. The predicted molar refractivity (Wildman–Crippen MR) is 87.1 cm³/mol. The number of esters is 1. The minimum Gasteiger partial charge on any atom is -0.469 e. The lowest BCUT2D eigenvalue weighted by molar-refractivity contribution is -0.153. The number of rotatable bonds is 2. The van der Waals surface area contributed by atoms with Crippen molar-refractivity contribution in [1.29, 1.82) is 0 Å². The van der Waals surface area contributed by atoms with Crippen LogP contribution in [-0.2, 0) is 9.53 Å². The van der Waals surface area contributed by atoms with Crippen LogP contribution in [0.1, 0.15) is 24.1 Å². The largest absolute Gasteiger partial charge is 0.469 e. The number of halogens is 1. The summed E-state index contributed by atoms with van der Waals surface area (Å²) in [5.74, 6) is 0.395. The third-order valence-corrected chi connectivity index (χ3v) is 6.87. The number of hydrogen-bond donors (Lipinski definition) is 0. The van der Waals surface area contributed by atoms with Crippen LogP contribution >= 0.6 is 27.3 Å². The molecule has 5 heterocycles. The number of fused-ring (bicyclic) bond motifs is 1. The van der Waals surface area contributed by atoms with E-state index < -0.39 is 0 Å². The molecule has 3 nitrogen and oxygen atoms in total. The Morgan fingerprint density at radius 2 is 2.33 bits per heavy atom. The Bertz CT molecular complexity index is 611. The van der Waals surface area contributed by atoms with E-state index in [4.69, 9.17) is 4.74 Å². The lowest BCUT2D eigenvalue weighted by Crippen LogP contribution is -2.58. The van der Waals surface area contributed by atoms with Crippen LogP contribution in [-0.4, -0.2) is 36.6 Å². The van der Waals surface area contributed by atoms with Gasteiger partial charge in [-0.1, -0.05) is 5.57 Å². The Labute approximate surface area is 137 Å². The smallest absolute Gasteiger partial charge is 0.310 e. The van der Waals surface area contributed by atoms with Gasteiger partial charge in [-0.15, -0.1) is 11.3 Å². The van der Waals surface area contributed by atoms with E-state index in [1.807, 2.05) is 0 Å². The number of thiophene rings is 1. The van der Waals surface area contributed by atoms with Gasteiger partial charge in [0, 0.05) is 23.5 Å². The number of piperidine rings is 3. The maximum Gasteiger partial charge on any atom is 0.310 e. The van der Waals surface area contributed by atoms with Crippen LogP contribution in [0.4, 0.5) is 0 Å². The van der Waals surface area contributed by atoms with Crippen LogP contribution < -0.4 is 0 Å². The summed E-state index contributed by atoms with van der Waals surface area (Å²) >= 11 is 5.26. The number of carbonyl (C=O) groups is 1. The summed E-state index contributed by atoms with van der Waals surface area (Å²) in [6.45, 7) is 1.03. The van der Waals surface area contributed by atoms with Gasteiger partial charge in [0.25, 0.3) is 0 Å². The van der Waals surface area contributed by atoms with Crippen molar-refractivity contribution in [1.82, 2.24) is 4.90 Å². The molecular weight excluding hydrogens is 350 g/mol. The van der Waals surface area contributed by atoms with E-state index in [0.29, 0.717) is 18.0 Å². The minimum absolute atomic E-state index is 0.0201. The lowest BCUT2D eigenvalue weighted by atomic mass is 9.71. The van der Waals surface area contributed by atoms with E-state index in [2.05, 4.69) is 39.0 Å². The van der Waals surface area contributed by atoms with Gasteiger partial charge in [-0.2, -0.15) is 0 Å². The number of hydrogen-bond acceptors (Lipinski definition) is 4. The van der Waals surface area contributed by atoms with Gasteiger partial charge in [0.2, 0.25) is 0 Å². The SMILES string of the molecule is COC(=O)C1C2CC3CCC1N3C/C2=C\c1ccc(Br)s1. The summed E-state index contributed by atoms with van der Waals surface area (Å²) < 4.78 is 6.25. The highest BCUT2D eigenvalue weighted by Crippen LogP contribution is 2.51. The summed E-state index contributed by atoms with van der Waals surface area (Å²) in [6.07, 6.45) is 5.81. The zero-order chi connectivity index (χ0) is 14.6. The Morgan fingerprint density at radius 1 is 1.48 bits per heavy atom. The first-order valence-electron chi connectivity index (χ1n) is 7.46. The molecule has 21 heavy (non-hydrogen) atoms. The van der Waals surface area contributed by atoms with Crippen LogP contribution in [0, 0.1) is 11.8 Å². The molecule has 5 unspecified atom stereocenters. The van der Waals surface area contributed by atoms with Gasteiger partial charge < -0.3 is 4.74 Å². The van der Waals surface area contributed by atoms with E-state index in [0.717, 1.165) is 23.2 Å². The van der Waals surface area contributed by atoms with Gasteiger partial charge >= 0.3 is 5.97 Å². The van der Waals surface area contributed by atoms with Crippen molar-refractivity contribution in [3.05, 3.63) is 26.4 Å². The van der Waals surface area contributed by atoms with Crippen molar-refractivity contribution in [2.24, 2.45) is 11.8 Å². The normalized spacial score (nSPS) is 39.0. The second kappa shape index (κ2) is 5.21. The van der Waals surface area contributed by atoms with Crippen molar-refractivity contribution in [2.75, 3.05) is 13.7 Å². The number of methoxy groups -OCH3 is 1. The monoisotopic (exact) mass is 367 g/mol.